The fourth-order valence-electron chi connectivity index (χ4n) is 3.13. The van der Waals surface area contributed by atoms with Gasteiger partial charge in [-0.1, -0.05) is 0 Å². The summed E-state index contributed by atoms with van der Waals surface area (Å²) in [7, 11) is 0. The number of nitrogens with two attached hydrogens (primary N) is 1. The van der Waals surface area contributed by atoms with Crippen LogP contribution >= 0.6 is 0 Å². The van der Waals surface area contributed by atoms with Gasteiger partial charge >= 0.3 is 11.9 Å². The highest BCUT2D eigenvalue weighted by atomic mass is 16.4. The van der Waals surface area contributed by atoms with Crippen LogP contribution < -0.4 is 16.4 Å². The van der Waals surface area contributed by atoms with Gasteiger partial charge in [-0.2, -0.15) is 0 Å². The number of amides is 3. The SMILES string of the molecule is NC(Cc1cnc[nH]1)C(=O)NCC(=O)NC(CC(=O)O)C(=O)N1CCCC1C(=O)O. The van der Waals surface area contributed by atoms with Crippen molar-refractivity contribution in [3.05, 3.63) is 18.2 Å². The first-order valence-electron chi connectivity index (χ1n) is 9.24. The van der Waals surface area contributed by atoms with E-state index in [0.29, 0.717) is 12.1 Å². The smallest absolute Gasteiger partial charge is 0.326 e. The molecule has 3 amide bonds. The minimum Gasteiger partial charge on any atom is -0.481 e. The van der Waals surface area contributed by atoms with E-state index < -0.39 is 60.8 Å². The number of aliphatic carboxylic acids is 2. The molecule has 1 aromatic heterocycles. The maximum absolute atomic E-state index is 12.6. The number of nitrogens with zero attached hydrogens (tertiary/aromatic N) is 2. The van der Waals surface area contributed by atoms with Gasteiger partial charge in [-0.05, 0) is 12.8 Å². The minimum absolute atomic E-state index is 0.154. The molecule has 3 unspecified atom stereocenters. The van der Waals surface area contributed by atoms with Crippen LogP contribution in [0.2, 0.25) is 0 Å². The van der Waals surface area contributed by atoms with Crippen LogP contribution in [0, 0.1) is 0 Å². The van der Waals surface area contributed by atoms with Crippen molar-refractivity contribution in [1.29, 1.82) is 0 Å². The molecule has 164 valence electrons. The maximum Gasteiger partial charge on any atom is 0.326 e. The molecule has 0 saturated carbocycles. The predicted molar refractivity (Wildman–Crippen MR) is 99.8 cm³/mol. The van der Waals surface area contributed by atoms with Gasteiger partial charge in [0.25, 0.3) is 0 Å². The number of hydrogen-bond donors (Lipinski definition) is 6. The van der Waals surface area contributed by atoms with E-state index in [2.05, 4.69) is 20.6 Å². The van der Waals surface area contributed by atoms with Crippen molar-refractivity contribution in [2.24, 2.45) is 5.73 Å². The number of imidazole rings is 1. The molecule has 13 heteroatoms. The molecule has 0 radical (unpaired) electrons. The van der Waals surface area contributed by atoms with Crippen molar-refractivity contribution in [2.75, 3.05) is 13.1 Å². The molecule has 1 aromatic rings. The fraction of sp³-hybridized carbons (Fsp3) is 0.529. The van der Waals surface area contributed by atoms with Crippen molar-refractivity contribution in [3.8, 4) is 0 Å². The summed E-state index contributed by atoms with van der Waals surface area (Å²) >= 11 is 0. The number of rotatable bonds is 10. The Morgan fingerprint density at radius 3 is 2.63 bits per heavy atom. The van der Waals surface area contributed by atoms with E-state index >= 15 is 0 Å². The summed E-state index contributed by atoms with van der Waals surface area (Å²) in [5.74, 6) is -4.75. The highest BCUT2D eigenvalue weighted by Crippen LogP contribution is 2.19. The Morgan fingerprint density at radius 1 is 1.30 bits per heavy atom. The molecule has 2 heterocycles. The first kappa shape index (κ1) is 22.8. The Labute approximate surface area is 171 Å². The molecular formula is C17H24N6O7. The second-order valence-electron chi connectivity index (χ2n) is 6.85. The maximum atomic E-state index is 12.6. The molecule has 2 rings (SSSR count). The lowest BCUT2D eigenvalue weighted by atomic mass is 10.1. The molecular weight excluding hydrogens is 400 g/mol. The first-order valence-corrected chi connectivity index (χ1v) is 9.24. The average molecular weight is 424 g/mol. The number of aromatic nitrogens is 2. The van der Waals surface area contributed by atoms with E-state index in [9.17, 15) is 29.1 Å². The lowest BCUT2D eigenvalue weighted by molar-refractivity contribution is -0.150. The van der Waals surface area contributed by atoms with Crippen LogP contribution in [-0.4, -0.2) is 86.0 Å². The average Bonchev–Trinajstić information content (AvgIpc) is 3.36. The van der Waals surface area contributed by atoms with Crippen molar-refractivity contribution < 1.29 is 34.2 Å². The standard InChI is InChI=1S/C17H24N6O7/c18-10(4-9-6-19-8-21-9)15(27)20-7-13(24)22-11(5-14(25)26)16(28)23-3-1-2-12(23)17(29)30/h6,8,10-12H,1-5,7,18H2,(H,19,21)(H,20,27)(H,22,24)(H,25,26)(H,29,30). The number of nitrogens with one attached hydrogen (secondary N) is 3. The second kappa shape index (κ2) is 10.3. The van der Waals surface area contributed by atoms with Crippen LogP contribution in [0.3, 0.4) is 0 Å². The summed E-state index contributed by atoms with van der Waals surface area (Å²) in [6.45, 7) is -0.373. The number of carbonyl (C=O) groups is 5. The Kier molecular flexibility index (Phi) is 7.86. The van der Waals surface area contributed by atoms with Gasteiger partial charge < -0.3 is 36.5 Å². The van der Waals surface area contributed by atoms with Crippen molar-refractivity contribution in [3.63, 3.8) is 0 Å². The molecule has 1 aliphatic rings. The quantitative estimate of drug-likeness (QED) is 0.233. The molecule has 0 aliphatic carbocycles. The number of carboxylic acids is 2. The Hall–Kier alpha value is -3.48. The van der Waals surface area contributed by atoms with Crippen molar-refractivity contribution in [2.45, 2.75) is 43.8 Å². The third-order valence-corrected chi connectivity index (χ3v) is 4.59. The summed E-state index contributed by atoms with van der Waals surface area (Å²) < 4.78 is 0. The number of H-pyrrole nitrogens is 1. The summed E-state index contributed by atoms with van der Waals surface area (Å²) in [5.41, 5.74) is 6.38. The molecule has 30 heavy (non-hydrogen) atoms. The Bertz CT molecular complexity index is 797. The topological polar surface area (TPSA) is 208 Å². The third-order valence-electron chi connectivity index (χ3n) is 4.59. The number of aromatic amines is 1. The predicted octanol–water partition coefficient (Wildman–Crippen LogP) is -2.57. The van der Waals surface area contributed by atoms with E-state index in [1.54, 1.807) is 0 Å². The van der Waals surface area contributed by atoms with E-state index in [4.69, 9.17) is 10.8 Å². The highest BCUT2D eigenvalue weighted by molar-refractivity contribution is 5.94. The third kappa shape index (κ3) is 6.27. The van der Waals surface area contributed by atoms with Crippen LogP contribution in [0.15, 0.2) is 12.5 Å². The van der Waals surface area contributed by atoms with Gasteiger partial charge in [-0.15, -0.1) is 0 Å². The lowest BCUT2D eigenvalue weighted by Gasteiger charge is -2.26. The van der Waals surface area contributed by atoms with Crippen LogP contribution in [0.1, 0.15) is 25.0 Å². The molecule has 13 nitrogen and oxygen atoms in total. The zero-order valence-electron chi connectivity index (χ0n) is 16.0. The van der Waals surface area contributed by atoms with Gasteiger partial charge in [0.2, 0.25) is 17.7 Å². The van der Waals surface area contributed by atoms with Crippen LogP contribution in [0.25, 0.3) is 0 Å². The van der Waals surface area contributed by atoms with Crippen molar-refractivity contribution >= 4 is 29.7 Å². The molecule has 7 N–H and O–H groups in total. The summed E-state index contributed by atoms with van der Waals surface area (Å²) in [6.07, 6.45) is 3.09. The van der Waals surface area contributed by atoms with Gasteiger partial charge in [0.1, 0.15) is 12.1 Å². The fourth-order valence-corrected chi connectivity index (χ4v) is 3.13. The van der Waals surface area contributed by atoms with Gasteiger partial charge in [0.05, 0.1) is 25.3 Å². The van der Waals surface area contributed by atoms with E-state index in [0.717, 1.165) is 4.90 Å². The van der Waals surface area contributed by atoms with E-state index in [-0.39, 0.29) is 19.4 Å². The molecule has 1 saturated heterocycles. The van der Waals surface area contributed by atoms with Crippen LogP contribution in [0.4, 0.5) is 0 Å². The number of hydrogen-bond acceptors (Lipinski definition) is 7. The molecule has 1 fully saturated rings. The number of likely N-dealkylation sites (tertiary alicyclic amines) is 1. The van der Waals surface area contributed by atoms with Crippen LogP contribution in [0.5, 0.6) is 0 Å². The molecule has 0 spiro atoms. The van der Waals surface area contributed by atoms with Gasteiger partial charge in [-0.3, -0.25) is 19.2 Å². The summed E-state index contributed by atoms with van der Waals surface area (Å²) in [5, 5.41) is 22.8. The molecule has 3 atom stereocenters. The summed E-state index contributed by atoms with van der Waals surface area (Å²) in [4.78, 5) is 66.8. The van der Waals surface area contributed by atoms with Gasteiger partial charge in [0, 0.05) is 24.9 Å². The van der Waals surface area contributed by atoms with E-state index in [1.807, 2.05) is 0 Å². The first-order chi connectivity index (χ1) is 14.2. The monoisotopic (exact) mass is 424 g/mol. The zero-order valence-corrected chi connectivity index (χ0v) is 16.0. The highest BCUT2D eigenvalue weighted by Gasteiger charge is 2.38. The lowest BCUT2D eigenvalue weighted by Crippen LogP contribution is -2.54. The Morgan fingerprint density at radius 2 is 2.03 bits per heavy atom. The minimum atomic E-state index is -1.45. The molecule has 0 aromatic carbocycles. The van der Waals surface area contributed by atoms with Gasteiger partial charge in [0.15, 0.2) is 0 Å². The summed E-state index contributed by atoms with van der Waals surface area (Å²) in [6, 6.07) is -3.47. The van der Waals surface area contributed by atoms with E-state index in [1.165, 1.54) is 12.5 Å². The zero-order chi connectivity index (χ0) is 22.3. The van der Waals surface area contributed by atoms with Gasteiger partial charge in [-0.25, -0.2) is 9.78 Å². The van der Waals surface area contributed by atoms with Crippen molar-refractivity contribution in [1.82, 2.24) is 25.5 Å². The Balaban J connectivity index is 1.91. The number of carbonyl (C=O) groups excluding carboxylic acids is 3. The molecule has 0 bridgehead atoms. The van der Waals surface area contributed by atoms with Crippen LogP contribution in [-0.2, 0) is 30.4 Å². The normalized spacial score (nSPS) is 17.8. The second-order valence-corrected chi connectivity index (χ2v) is 6.85. The molecule has 1 aliphatic heterocycles. The largest absolute Gasteiger partial charge is 0.481 e. The number of carboxylic acid groups (broad SMARTS) is 2.